The Labute approximate surface area is 93.2 Å². The van der Waals surface area contributed by atoms with E-state index in [-0.39, 0.29) is 0 Å². The normalized spacial score (nSPS) is 14.0. The van der Waals surface area contributed by atoms with Crippen LogP contribution in [0.15, 0.2) is 24.3 Å². The first-order valence-electron chi connectivity index (χ1n) is 4.71. The van der Waals surface area contributed by atoms with Gasteiger partial charge >= 0.3 is 5.97 Å². The first kappa shape index (κ1) is 12.4. The SMILES string of the molecule is COC(=O)C(N)C(F)c1ccc(OC)cc1. The molecule has 0 saturated heterocycles. The standard InChI is InChI=1S/C11H14FNO3/c1-15-8-5-3-7(4-6-8)9(12)10(13)11(14)16-2/h3-6,9-10H,13H2,1-2H3. The Balaban J connectivity index is 2.79. The molecule has 0 spiro atoms. The van der Waals surface area contributed by atoms with Gasteiger partial charge in [0.1, 0.15) is 11.8 Å². The number of carbonyl (C=O) groups excluding carboxylic acids is 1. The van der Waals surface area contributed by atoms with Gasteiger partial charge in [0.25, 0.3) is 0 Å². The second-order valence-electron chi connectivity index (χ2n) is 3.22. The molecule has 0 aromatic heterocycles. The van der Waals surface area contributed by atoms with Gasteiger partial charge in [0.2, 0.25) is 0 Å². The van der Waals surface area contributed by atoms with Gasteiger partial charge in [-0.3, -0.25) is 4.79 Å². The van der Waals surface area contributed by atoms with E-state index in [9.17, 15) is 9.18 Å². The molecule has 16 heavy (non-hydrogen) atoms. The molecule has 4 nitrogen and oxygen atoms in total. The Morgan fingerprint density at radius 2 is 1.88 bits per heavy atom. The maximum atomic E-state index is 13.7. The van der Waals surface area contributed by atoms with Crippen LogP contribution in [-0.4, -0.2) is 26.2 Å². The van der Waals surface area contributed by atoms with Crippen molar-refractivity contribution in [2.75, 3.05) is 14.2 Å². The van der Waals surface area contributed by atoms with E-state index in [1.54, 1.807) is 12.1 Å². The molecule has 0 aliphatic heterocycles. The van der Waals surface area contributed by atoms with Gasteiger partial charge in [0, 0.05) is 0 Å². The minimum Gasteiger partial charge on any atom is -0.497 e. The molecule has 0 bridgehead atoms. The Morgan fingerprint density at radius 1 is 1.31 bits per heavy atom. The third-order valence-electron chi connectivity index (χ3n) is 2.22. The summed E-state index contributed by atoms with van der Waals surface area (Å²) in [4.78, 5) is 11.0. The molecule has 1 aromatic carbocycles. The minimum atomic E-state index is -1.58. The van der Waals surface area contributed by atoms with E-state index < -0.39 is 18.2 Å². The molecule has 0 radical (unpaired) electrons. The zero-order valence-electron chi connectivity index (χ0n) is 9.14. The van der Waals surface area contributed by atoms with Crippen LogP contribution in [0.1, 0.15) is 11.7 Å². The maximum Gasteiger partial charge on any atom is 0.326 e. The van der Waals surface area contributed by atoms with Gasteiger partial charge in [-0.2, -0.15) is 0 Å². The van der Waals surface area contributed by atoms with Crippen LogP contribution >= 0.6 is 0 Å². The maximum absolute atomic E-state index is 13.7. The van der Waals surface area contributed by atoms with Gasteiger partial charge < -0.3 is 15.2 Å². The zero-order valence-corrected chi connectivity index (χ0v) is 9.14. The highest BCUT2D eigenvalue weighted by Crippen LogP contribution is 2.23. The molecule has 0 aliphatic rings. The molecular weight excluding hydrogens is 213 g/mol. The van der Waals surface area contributed by atoms with Crippen LogP contribution in [0.25, 0.3) is 0 Å². The molecule has 5 heteroatoms. The van der Waals surface area contributed by atoms with Crippen LogP contribution < -0.4 is 10.5 Å². The topological polar surface area (TPSA) is 61.5 Å². The fourth-order valence-electron chi connectivity index (χ4n) is 1.25. The van der Waals surface area contributed by atoms with Gasteiger partial charge in [-0.15, -0.1) is 0 Å². The molecule has 0 heterocycles. The lowest BCUT2D eigenvalue weighted by Crippen LogP contribution is -2.35. The summed E-state index contributed by atoms with van der Waals surface area (Å²) >= 11 is 0. The number of alkyl halides is 1. The van der Waals surface area contributed by atoms with Crippen LogP contribution in [0.4, 0.5) is 4.39 Å². The summed E-state index contributed by atoms with van der Waals surface area (Å²) in [6.45, 7) is 0. The van der Waals surface area contributed by atoms with Crippen molar-refractivity contribution in [2.24, 2.45) is 5.73 Å². The lowest BCUT2D eigenvalue weighted by atomic mass is 10.0. The number of nitrogens with two attached hydrogens (primary N) is 1. The van der Waals surface area contributed by atoms with Crippen LogP contribution in [-0.2, 0) is 9.53 Å². The smallest absolute Gasteiger partial charge is 0.326 e. The minimum absolute atomic E-state index is 0.318. The average Bonchev–Trinajstić information content (AvgIpc) is 2.36. The first-order valence-corrected chi connectivity index (χ1v) is 4.71. The fraction of sp³-hybridized carbons (Fsp3) is 0.364. The summed E-state index contributed by atoms with van der Waals surface area (Å²) in [6.07, 6.45) is -1.58. The number of methoxy groups -OCH3 is 2. The second kappa shape index (κ2) is 5.46. The van der Waals surface area contributed by atoms with Crippen molar-refractivity contribution in [3.05, 3.63) is 29.8 Å². The predicted molar refractivity (Wildman–Crippen MR) is 56.8 cm³/mol. The van der Waals surface area contributed by atoms with Gasteiger partial charge in [0.15, 0.2) is 6.17 Å². The summed E-state index contributed by atoms with van der Waals surface area (Å²) in [5, 5.41) is 0. The highest BCUT2D eigenvalue weighted by molar-refractivity contribution is 5.76. The third kappa shape index (κ3) is 2.70. The Morgan fingerprint density at radius 3 is 2.31 bits per heavy atom. The zero-order chi connectivity index (χ0) is 12.1. The van der Waals surface area contributed by atoms with Crippen LogP contribution in [0.2, 0.25) is 0 Å². The fourth-order valence-corrected chi connectivity index (χ4v) is 1.25. The number of hydrogen-bond donors (Lipinski definition) is 1. The summed E-state index contributed by atoms with van der Waals surface area (Å²) in [5.41, 5.74) is 5.71. The van der Waals surface area contributed by atoms with Crippen molar-refractivity contribution in [1.82, 2.24) is 0 Å². The number of rotatable bonds is 4. The highest BCUT2D eigenvalue weighted by atomic mass is 19.1. The highest BCUT2D eigenvalue weighted by Gasteiger charge is 2.26. The molecule has 2 atom stereocenters. The summed E-state index contributed by atoms with van der Waals surface area (Å²) in [6, 6.07) is 4.94. The van der Waals surface area contributed by atoms with Crippen LogP contribution in [0.5, 0.6) is 5.75 Å². The lowest BCUT2D eigenvalue weighted by Gasteiger charge is -2.14. The van der Waals surface area contributed by atoms with Crippen LogP contribution in [0, 0.1) is 0 Å². The number of ether oxygens (including phenoxy) is 2. The summed E-state index contributed by atoms with van der Waals surface area (Å²) in [7, 11) is 2.69. The molecule has 2 N–H and O–H groups in total. The molecule has 1 aromatic rings. The molecule has 0 fully saturated rings. The van der Waals surface area contributed by atoms with E-state index in [2.05, 4.69) is 4.74 Å². The summed E-state index contributed by atoms with van der Waals surface area (Å²) in [5.74, 6) is -0.161. The first-order chi connectivity index (χ1) is 7.60. The Bertz CT molecular complexity index is 353. The van der Waals surface area contributed by atoms with E-state index in [0.717, 1.165) is 0 Å². The Hall–Kier alpha value is -1.62. The quantitative estimate of drug-likeness (QED) is 0.785. The summed E-state index contributed by atoms with van der Waals surface area (Å²) < 4.78 is 23.0. The molecule has 0 amide bonds. The number of carbonyl (C=O) groups is 1. The van der Waals surface area contributed by atoms with Crippen molar-refractivity contribution >= 4 is 5.97 Å². The van der Waals surface area contributed by atoms with E-state index in [1.165, 1.54) is 26.4 Å². The van der Waals surface area contributed by atoms with Gasteiger partial charge in [0.05, 0.1) is 14.2 Å². The van der Waals surface area contributed by atoms with Crippen molar-refractivity contribution < 1.29 is 18.7 Å². The molecule has 2 unspecified atom stereocenters. The average molecular weight is 227 g/mol. The van der Waals surface area contributed by atoms with Crippen LogP contribution in [0.3, 0.4) is 0 Å². The van der Waals surface area contributed by atoms with Crippen molar-refractivity contribution in [2.45, 2.75) is 12.2 Å². The second-order valence-corrected chi connectivity index (χ2v) is 3.22. The molecule has 0 saturated carbocycles. The van der Waals surface area contributed by atoms with E-state index in [0.29, 0.717) is 11.3 Å². The van der Waals surface area contributed by atoms with E-state index in [4.69, 9.17) is 10.5 Å². The van der Waals surface area contributed by atoms with Gasteiger partial charge in [-0.25, -0.2) is 4.39 Å². The number of hydrogen-bond acceptors (Lipinski definition) is 4. The van der Waals surface area contributed by atoms with E-state index in [1.807, 2.05) is 0 Å². The third-order valence-corrected chi connectivity index (χ3v) is 2.22. The van der Waals surface area contributed by atoms with Crippen molar-refractivity contribution in [1.29, 1.82) is 0 Å². The lowest BCUT2D eigenvalue weighted by molar-refractivity contribution is -0.143. The molecular formula is C11H14FNO3. The van der Waals surface area contributed by atoms with Crippen molar-refractivity contribution in [3.8, 4) is 5.75 Å². The van der Waals surface area contributed by atoms with E-state index >= 15 is 0 Å². The molecule has 1 rings (SSSR count). The number of benzene rings is 1. The van der Waals surface area contributed by atoms with Gasteiger partial charge in [-0.1, -0.05) is 12.1 Å². The largest absolute Gasteiger partial charge is 0.497 e. The number of halogens is 1. The molecule has 0 aliphatic carbocycles. The monoisotopic (exact) mass is 227 g/mol. The van der Waals surface area contributed by atoms with Gasteiger partial charge in [-0.05, 0) is 17.7 Å². The number of esters is 1. The molecule has 88 valence electrons. The predicted octanol–water partition coefficient (Wildman–Crippen LogP) is 1.21. The van der Waals surface area contributed by atoms with Crippen molar-refractivity contribution in [3.63, 3.8) is 0 Å². The Kier molecular flexibility index (Phi) is 4.25.